The second-order valence-corrected chi connectivity index (χ2v) is 2.58. The molecule has 1 aliphatic carbocycles. The number of rotatable bonds is 2. The van der Waals surface area contributed by atoms with Gasteiger partial charge in [-0.1, -0.05) is 0 Å². The molecule has 0 aliphatic heterocycles. The number of aliphatic carboxylic acids is 1. The Morgan fingerprint density at radius 1 is 1.78 bits per heavy atom. The standard InChI is InChI=1S/C6H10O3/c1-3(7)4-2-5(4)6(8)9/h3-5,7H,2H2,1H3,(H,8,9)/t3?,4-,5+/m0/s1. The van der Waals surface area contributed by atoms with Crippen LogP contribution in [0.15, 0.2) is 0 Å². The fourth-order valence-corrected chi connectivity index (χ4v) is 1.03. The highest BCUT2D eigenvalue weighted by atomic mass is 16.4. The molecule has 0 aromatic heterocycles. The van der Waals surface area contributed by atoms with Gasteiger partial charge in [-0.05, 0) is 19.3 Å². The van der Waals surface area contributed by atoms with Gasteiger partial charge >= 0.3 is 5.97 Å². The van der Waals surface area contributed by atoms with Crippen LogP contribution in [0.25, 0.3) is 0 Å². The third kappa shape index (κ3) is 1.21. The van der Waals surface area contributed by atoms with E-state index in [-0.39, 0.29) is 11.8 Å². The van der Waals surface area contributed by atoms with Crippen LogP contribution in [0.5, 0.6) is 0 Å². The average Bonchev–Trinajstić information content (AvgIpc) is 2.39. The Kier molecular flexibility index (Phi) is 1.45. The van der Waals surface area contributed by atoms with E-state index in [1.54, 1.807) is 6.92 Å². The zero-order valence-electron chi connectivity index (χ0n) is 5.24. The first-order valence-electron chi connectivity index (χ1n) is 3.04. The van der Waals surface area contributed by atoms with Crippen LogP contribution < -0.4 is 0 Å². The van der Waals surface area contributed by atoms with Crippen molar-refractivity contribution in [2.45, 2.75) is 19.4 Å². The van der Waals surface area contributed by atoms with Crippen LogP contribution in [0.1, 0.15) is 13.3 Å². The van der Waals surface area contributed by atoms with Crippen molar-refractivity contribution < 1.29 is 15.0 Å². The quantitative estimate of drug-likeness (QED) is 0.557. The van der Waals surface area contributed by atoms with Crippen LogP contribution in [0.4, 0.5) is 0 Å². The summed E-state index contributed by atoms with van der Waals surface area (Å²) < 4.78 is 0. The molecule has 0 radical (unpaired) electrons. The molecule has 2 N–H and O–H groups in total. The van der Waals surface area contributed by atoms with Crippen LogP contribution in [0.2, 0.25) is 0 Å². The summed E-state index contributed by atoms with van der Waals surface area (Å²) in [5.74, 6) is -1.03. The largest absolute Gasteiger partial charge is 0.481 e. The van der Waals surface area contributed by atoms with Gasteiger partial charge in [0.25, 0.3) is 0 Å². The molecule has 1 aliphatic rings. The Labute approximate surface area is 53.3 Å². The average molecular weight is 130 g/mol. The molecule has 1 rings (SSSR count). The molecule has 0 aromatic rings. The highest BCUT2D eigenvalue weighted by molar-refractivity contribution is 5.73. The SMILES string of the molecule is CC(O)[C@@H]1C[C@H]1C(=O)O. The Balaban J connectivity index is 2.33. The Morgan fingerprint density at radius 3 is 2.44 bits per heavy atom. The normalized spacial score (nSPS) is 35.8. The van der Waals surface area contributed by atoms with Gasteiger partial charge in [0.1, 0.15) is 0 Å². The molecule has 1 unspecified atom stereocenters. The first kappa shape index (κ1) is 6.55. The molecule has 52 valence electrons. The molecule has 0 saturated heterocycles. The van der Waals surface area contributed by atoms with Gasteiger partial charge in [-0.2, -0.15) is 0 Å². The Morgan fingerprint density at radius 2 is 2.33 bits per heavy atom. The molecule has 3 atom stereocenters. The Hall–Kier alpha value is -0.570. The number of carboxylic acids is 1. The zero-order chi connectivity index (χ0) is 7.02. The number of carbonyl (C=O) groups is 1. The molecule has 9 heavy (non-hydrogen) atoms. The van der Waals surface area contributed by atoms with Crippen molar-refractivity contribution in [1.29, 1.82) is 0 Å². The zero-order valence-corrected chi connectivity index (χ0v) is 5.24. The van der Waals surface area contributed by atoms with Crippen molar-refractivity contribution in [3.63, 3.8) is 0 Å². The summed E-state index contributed by atoms with van der Waals surface area (Å²) in [5, 5.41) is 17.2. The van der Waals surface area contributed by atoms with Gasteiger partial charge in [-0.3, -0.25) is 4.79 Å². The van der Waals surface area contributed by atoms with Gasteiger partial charge in [0.15, 0.2) is 0 Å². The predicted molar refractivity (Wildman–Crippen MR) is 30.9 cm³/mol. The summed E-state index contributed by atoms with van der Waals surface area (Å²) >= 11 is 0. The third-order valence-corrected chi connectivity index (χ3v) is 1.78. The lowest BCUT2D eigenvalue weighted by Crippen LogP contribution is -2.08. The minimum absolute atomic E-state index is 0.0162. The second kappa shape index (κ2) is 1.99. The van der Waals surface area contributed by atoms with E-state index in [2.05, 4.69) is 0 Å². The fourth-order valence-electron chi connectivity index (χ4n) is 1.03. The number of hydrogen-bond acceptors (Lipinski definition) is 2. The number of aliphatic hydroxyl groups is 1. The van der Waals surface area contributed by atoms with E-state index >= 15 is 0 Å². The van der Waals surface area contributed by atoms with Crippen molar-refractivity contribution in [2.24, 2.45) is 11.8 Å². The second-order valence-electron chi connectivity index (χ2n) is 2.58. The maximum absolute atomic E-state index is 10.2. The minimum Gasteiger partial charge on any atom is -0.481 e. The van der Waals surface area contributed by atoms with E-state index in [1.165, 1.54) is 0 Å². The lowest BCUT2D eigenvalue weighted by molar-refractivity contribution is -0.139. The van der Waals surface area contributed by atoms with Crippen LogP contribution in [-0.2, 0) is 4.79 Å². The molecule has 0 heterocycles. The molecule has 0 spiro atoms. The van der Waals surface area contributed by atoms with Crippen molar-refractivity contribution in [3.8, 4) is 0 Å². The van der Waals surface area contributed by atoms with Gasteiger partial charge in [0.2, 0.25) is 0 Å². The molecular formula is C6H10O3. The highest BCUT2D eigenvalue weighted by Crippen LogP contribution is 2.40. The molecule has 1 fully saturated rings. The first-order valence-corrected chi connectivity index (χ1v) is 3.04. The molecule has 1 saturated carbocycles. The van der Waals surface area contributed by atoms with Gasteiger partial charge < -0.3 is 10.2 Å². The smallest absolute Gasteiger partial charge is 0.306 e. The lowest BCUT2D eigenvalue weighted by Gasteiger charge is -1.97. The summed E-state index contributed by atoms with van der Waals surface area (Å²) in [4.78, 5) is 10.2. The molecule has 3 heteroatoms. The van der Waals surface area contributed by atoms with Crippen LogP contribution in [0.3, 0.4) is 0 Å². The van der Waals surface area contributed by atoms with E-state index in [1.807, 2.05) is 0 Å². The van der Waals surface area contributed by atoms with E-state index < -0.39 is 12.1 Å². The van der Waals surface area contributed by atoms with Gasteiger partial charge in [-0.25, -0.2) is 0 Å². The number of aliphatic hydroxyl groups excluding tert-OH is 1. The summed E-state index contributed by atoms with van der Waals surface area (Å²) in [6, 6.07) is 0. The molecule has 3 nitrogen and oxygen atoms in total. The Bertz CT molecular complexity index is 130. The summed E-state index contributed by atoms with van der Waals surface area (Å²) in [5.41, 5.74) is 0. The third-order valence-electron chi connectivity index (χ3n) is 1.78. The molecule has 0 aromatic carbocycles. The number of hydrogen-bond donors (Lipinski definition) is 2. The van der Waals surface area contributed by atoms with E-state index in [9.17, 15) is 4.79 Å². The molecular weight excluding hydrogens is 120 g/mol. The van der Waals surface area contributed by atoms with E-state index in [4.69, 9.17) is 10.2 Å². The fraction of sp³-hybridized carbons (Fsp3) is 0.833. The maximum atomic E-state index is 10.2. The molecule has 0 bridgehead atoms. The van der Waals surface area contributed by atoms with Crippen molar-refractivity contribution in [1.82, 2.24) is 0 Å². The summed E-state index contributed by atoms with van der Waals surface area (Å²) in [6.07, 6.45) is 0.193. The van der Waals surface area contributed by atoms with Crippen molar-refractivity contribution in [2.75, 3.05) is 0 Å². The summed E-state index contributed by atoms with van der Waals surface area (Å²) in [6.45, 7) is 1.63. The number of carboxylic acid groups (broad SMARTS) is 1. The van der Waals surface area contributed by atoms with Crippen molar-refractivity contribution in [3.05, 3.63) is 0 Å². The topological polar surface area (TPSA) is 57.5 Å². The highest BCUT2D eigenvalue weighted by Gasteiger charge is 2.45. The van der Waals surface area contributed by atoms with Crippen LogP contribution in [-0.4, -0.2) is 22.3 Å². The predicted octanol–water partition coefficient (Wildman–Crippen LogP) is 0.0879. The summed E-state index contributed by atoms with van der Waals surface area (Å²) in [7, 11) is 0. The van der Waals surface area contributed by atoms with Crippen LogP contribution in [0, 0.1) is 11.8 Å². The molecule has 0 amide bonds. The maximum Gasteiger partial charge on any atom is 0.306 e. The van der Waals surface area contributed by atoms with Crippen molar-refractivity contribution >= 4 is 5.97 Å². The van der Waals surface area contributed by atoms with E-state index in [0.717, 1.165) is 0 Å². The lowest BCUT2D eigenvalue weighted by atomic mass is 10.2. The van der Waals surface area contributed by atoms with Gasteiger partial charge in [0.05, 0.1) is 12.0 Å². The van der Waals surface area contributed by atoms with Gasteiger partial charge in [-0.15, -0.1) is 0 Å². The van der Waals surface area contributed by atoms with E-state index in [0.29, 0.717) is 6.42 Å². The monoisotopic (exact) mass is 130 g/mol. The minimum atomic E-state index is -0.777. The first-order chi connectivity index (χ1) is 4.13. The van der Waals surface area contributed by atoms with Gasteiger partial charge in [0, 0.05) is 0 Å². The van der Waals surface area contributed by atoms with Crippen LogP contribution >= 0.6 is 0 Å².